The van der Waals surface area contributed by atoms with Gasteiger partial charge in [-0.25, -0.2) is 0 Å². The van der Waals surface area contributed by atoms with Crippen molar-refractivity contribution in [2.45, 2.75) is 25.4 Å². The van der Waals surface area contributed by atoms with E-state index in [4.69, 9.17) is 5.73 Å². The monoisotopic (exact) mass is 286 g/mol. The van der Waals surface area contributed by atoms with Gasteiger partial charge in [0.2, 0.25) is 0 Å². The molecular formula is C14H17F3N2O. The molecule has 1 aromatic carbocycles. The largest absolute Gasteiger partial charge is 0.416 e. The number of hydrogen-bond acceptors (Lipinski definition) is 2. The van der Waals surface area contributed by atoms with Crippen molar-refractivity contribution in [2.75, 3.05) is 12.3 Å². The molecule has 1 aromatic rings. The van der Waals surface area contributed by atoms with E-state index in [1.165, 1.54) is 6.07 Å². The molecule has 0 aliphatic carbocycles. The molecule has 0 spiro atoms. The van der Waals surface area contributed by atoms with Gasteiger partial charge in [-0.1, -0.05) is 6.08 Å². The van der Waals surface area contributed by atoms with E-state index in [9.17, 15) is 18.0 Å². The maximum atomic E-state index is 12.6. The molecule has 1 amide bonds. The molecule has 0 aliphatic rings. The molecule has 0 radical (unpaired) electrons. The van der Waals surface area contributed by atoms with Crippen LogP contribution in [-0.2, 0) is 6.18 Å². The molecular weight excluding hydrogens is 269 g/mol. The summed E-state index contributed by atoms with van der Waals surface area (Å²) in [6.07, 6.45) is -0.295. The second-order valence-electron chi connectivity index (χ2n) is 4.38. The van der Waals surface area contributed by atoms with Crippen molar-refractivity contribution in [1.29, 1.82) is 0 Å². The quantitative estimate of drug-likeness (QED) is 0.478. The van der Waals surface area contributed by atoms with Gasteiger partial charge in [0.25, 0.3) is 5.91 Å². The summed E-state index contributed by atoms with van der Waals surface area (Å²) in [6.45, 7) is 3.98. The van der Waals surface area contributed by atoms with Crippen LogP contribution in [0.25, 0.3) is 0 Å². The Bertz CT molecular complexity index is 484. The lowest BCUT2D eigenvalue weighted by molar-refractivity contribution is -0.137. The van der Waals surface area contributed by atoms with Crippen LogP contribution in [0.4, 0.5) is 18.9 Å². The normalized spacial score (nSPS) is 11.2. The molecule has 1 rings (SSSR count). The van der Waals surface area contributed by atoms with Gasteiger partial charge in [-0.3, -0.25) is 4.79 Å². The van der Waals surface area contributed by atoms with E-state index in [2.05, 4.69) is 11.9 Å². The van der Waals surface area contributed by atoms with Gasteiger partial charge in [0.15, 0.2) is 0 Å². The van der Waals surface area contributed by atoms with Gasteiger partial charge in [-0.15, -0.1) is 6.58 Å². The zero-order valence-corrected chi connectivity index (χ0v) is 11.0. The lowest BCUT2D eigenvalue weighted by Gasteiger charge is -2.10. The first kappa shape index (κ1) is 16.1. The van der Waals surface area contributed by atoms with Crippen molar-refractivity contribution in [3.05, 3.63) is 42.0 Å². The van der Waals surface area contributed by atoms with E-state index >= 15 is 0 Å². The van der Waals surface area contributed by atoms with E-state index < -0.39 is 17.6 Å². The van der Waals surface area contributed by atoms with Crippen LogP contribution < -0.4 is 11.1 Å². The summed E-state index contributed by atoms with van der Waals surface area (Å²) in [7, 11) is 0. The number of amides is 1. The van der Waals surface area contributed by atoms with Crippen LogP contribution in [0.2, 0.25) is 0 Å². The summed E-state index contributed by atoms with van der Waals surface area (Å²) >= 11 is 0. The summed E-state index contributed by atoms with van der Waals surface area (Å²) in [5, 5.41) is 2.57. The number of rotatable bonds is 6. The molecule has 0 aromatic heterocycles. The zero-order valence-electron chi connectivity index (χ0n) is 11.0. The van der Waals surface area contributed by atoms with E-state index in [1.807, 2.05) is 0 Å². The maximum absolute atomic E-state index is 12.6. The number of carbonyl (C=O) groups excluding carboxylic acids is 1. The van der Waals surface area contributed by atoms with Crippen molar-refractivity contribution in [3.8, 4) is 0 Å². The third kappa shape index (κ3) is 4.95. The van der Waals surface area contributed by atoms with Gasteiger partial charge in [0.05, 0.1) is 5.56 Å². The summed E-state index contributed by atoms with van der Waals surface area (Å²) in [6, 6.07) is 2.84. The average molecular weight is 286 g/mol. The van der Waals surface area contributed by atoms with Crippen molar-refractivity contribution in [3.63, 3.8) is 0 Å². The second kappa shape index (κ2) is 6.98. The van der Waals surface area contributed by atoms with Gasteiger partial charge in [-0.2, -0.15) is 13.2 Å². The minimum Gasteiger partial charge on any atom is -0.399 e. The highest BCUT2D eigenvalue weighted by atomic mass is 19.4. The topological polar surface area (TPSA) is 55.1 Å². The summed E-state index contributed by atoms with van der Waals surface area (Å²) in [5.41, 5.74) is 4.31. The van der Waals surface area contributed by atoms with Crippen molar-refractivity contribution in [1.82, 2.24) is 5.32 Å². The smallest absolute Gasteiger partial charge is 0.399 e. The van der Waals surface area contributed by atoms with Crippen LogP contribution in [-0.4, -0.2) is 12.5 Å². The first-order chi connectivity index (χ1) is 9.34. The Morgan fingerprint density at radius 2 is 2.00 bits per heavy atom. The van der Waals surface area contributed by atoms with E-state index in [1.54, 1.807) is 6.08 Å². The lowest BCUT2D eigenvalue weighted by Crippen LogP contribution is -2.25. The zero-order chi connectivity index (χ0) is 15.2. The van der Waals surface area contributed by atoms with E-state index in [0.29, 0.717) is 6.54 Å². The number of nitrogens with two attached hydrogens (primary N) is 1. The molecule has 20 heavy (non-hydrogen) atoms. The van der Waals surface area contributed by atoms with Gasteiger partial charge in [0, 0.05) is 17.8 Å². The van der Waals surface area contributed by atoms with Crippen LogP contribution in [0.3, 0.4) is 0 Å². The molecule has 0 fully saturated rings. The van der Waals surface area contributed by atoms with Gasteiger partial charge >= 0.3 is 6.18 Å². The molecule has 110 valence electrons. The Morgan fingerprint density at radius 1 is 1.30 bits per heavy atom. The summed E-state index contributed by atoms with van der Waals surface area (Å²) in [4.78, 5) is 11.8. The number of alkyl halides is 3. The molecule has 0 atom stereocenters. The number of unbranched alkanes of at least 4 members (excludes halogenated alkanes) is 2. The molecule has 0 saturated heterocycles. The number of hydrogen-bond donors (Lipinski definition) is 2. The van der Waals surface area contributed by atoms with Gasteiger partial charge in [-0.05, 0) is 37.5 Å². The molecule has 3 nitrogen and oxygen atoms in total. The first-order valence-electron chi connectivity index (χ1n) is 6.21. The van der Waals surface area contributed by atoms with Crippen molar-refractivity contribution >= 4 is 11.6 Å². The molecule has 0 bridgehead atoms. The average Bonchev–Trinajstić information content (AvgIpc) is 2.36. The number of benzene rings is 1. The van der Waals surface area contributed by atoms with Crippen LogP contribution >= 0.6 is 0 Å². The lowest BCUT2D eigenvalue weighted by atomic mass is 10.1. The Balaban J connectivity index is 2.68. The third-order valence-electron chi connectivity index (χ3n) is 2.67. The molecule has 0 saturated carbocycles. The number of allylic oxidation sites excluding steroid dienone is 1. The fraction of sp³-hybridized carbons (Fsp3) is 0.357. The SMILES string of the molecule is C=CCCCCNC(=O)c1cc(N)cc(C(F)(F)F)c1. The highest BCUT2D eigenvalue weighted by molar-refractivity contribution is 5.95. The summed E-state index contributed by atoms with van der Waals surface area (Å²) in [5.74, 6) is -0.554. The summed E-state index contributed by atoms with van der Waals surface area (Å²) < 4.78 is 37.8. The Kier molecular flexibility index (Phi) is 5.61. The number of nitrogen functional groups attached to an aromatic ring is 1. The standard InChI is InChI=1S/C14H17F3N2O/c1-2-3-4-5-6-19-13(20)10-7-11(14(15,16)17)9-12(18)8-10/h2,7-9H,1,3-6,18H2,(H,19,20). The van der Waals surface area contributed by atoms with Crippen LogP contribution in [0.1, 0.15) is 35.2 Å². The first-order valence-corrected chi connectivity index (χ1v) is 6.21. The van der Waals surface area contributed by atoms with Crippen molar-refractivity contribution < 1.29 is 18.0 Å². The minimum absolute atomic E-state index is 0.0824. The minimum atomic E-state index is -4.52. The molecule has 0 unspecified atom stereocenters. The molecule has 3 N–H and O–H groups in total. The van der Waals surface area contributed by atoms with E-state index in [-0.39, 0.29) is 11.3 Å². The second-order valence-corrected chi connectivity index (χ2v) is 4.38. The highest BCUT2D eigenvalue weighted by Crippen LogP contribution is 2.31. The number of anilines is 1. The fourth-order valence-corrected chi connectivity index (χ4v) is 1.66. The van der Waals surface area contributed by atoms with E-state index in [0.717, 1.165) is 31.4 Å². The molecule has 6 heteroatoms. The number of halogens is 3. The predicted molar refractivity (Wildman–Crippen MR) is 72.2 cm³/mol. The Labute approximate surface area is 115 Å². The van der Waals surface area contributed by atoms with Crippen LogP contribution in [0.15, 0.2) is 30.9 Å². The fourth-order valence-electron chi connectivity index (χ4n) is 1.66. The third-order valence-corrected chi connectivity index (χ3v) is 2.67. The highest BCUT2D eigenvalue weighted by Gasteiger charge is 2.31. The predicted octanol–water partition coefficient (Wildman–Crippen LogP) is 3.37. The van der Waals surface area contributed by atoms with Gasteiger partial charge in [0.1, 0.15) is 0 Å². The van der Waals surface area contributed by atoms with Crippen molar-refractivity contribution in [2.24, 2.45) is 0 Å². The maximum Gasteiger partial charge on any atom is 0.416 e. The molecule has 0 heterocycles. The van der Waals surface area contributed by atoms with Crippen LogP contribution in [0.5, 0.6) is 0 Å². The Morgan fingerprint density at radius 3 is 2.60 bits per heavy atom. The molecule has 0 aliphatic heterocycles. The Hall–Kier alpha value is -1.98. The van der Waals surface area contributed by atoms with Gasteiger partial charge < -0.3 is 11.1 Å². The number of carbonyl (C=O) groups is 1. The number of nitrogens with one attached hydrogen (secondary N) is 1. The van der Waals surface area contributed by atoms with Crippen LogP contribution in [0, 0.1) is 0 Å².